The predicted molar refractivity (Wildman–Crippen MR) is 245 cm³/mol. The highest BCUT2D eigenvalue weighted by molar-refractivity contribution is 5.70. The second-order valence-corrected chi connectivity index (χ2v) is 18.6. The van der Waals surface area contributed by atoms with E-state index >= 15 is 0 Å². The molecule has 0 spiro atoms. The summed E-state index contributed by atoms with van der Waals surface area (Å²) in [6.07, 6.45) is 5.49. The fourth-order valence-electron chi connectivity index (χ4n) is 8.55. The minimum absolute atomic E-state index is 0.0987. The van der Waals surface area contributed by atoms with Gasteiger partial charge in [0.15, 0.2) is 12.1 Å². The Bertz CT molecular complexity index is 1620. The molecule has 1 unspecified atom stereocenters. The lowest BCUT2D eigenvalue weighted by Crippen LogP contribution is -2.62. The highest BCUT2D eigenvalue weighted by Gasteiger charge is 2.49. The number of hydrogen-bond donors (Lipinski definition) is 10. The minimum Gasteiger partial charge on any atom is -0.462 e. The Kier molecular flexibility index (Phi) is 24.8. The standard InChI is InChI=1S/C49H79NO16/c1-30-19-17-15-13-11-9-7-8-10-12-14-16-18-20-37(65-48-47(61)44(50(5)6)46(60)33(4)64-48)26-42-38(29-51)40(56)27-49(62,66-42)28-41(57)39(55)22-21-34(52)23-35(53)24-36(54)25-43(58)63-32(3)31(2)45(30)59/h7-8,10,12-20,29-42,44-48,52-57,59-62H,9,11,21-28H2,1-6H3/b8-7+,12-10+,15-13+,16-14+,19-17+,20-18+/t30-,31-,32-,33+,34+,35+,36+,37-,38+,39+,40-,41+,42-,44-,45+,46+,47-,48?,49-/m0/s1. The molecule has 2 bridgehead atoms. The van der Waals surface area contributed by atoms with Gasteiger partial charge in [0.1, 0.15) is 18.5 Å². The van der Waals surface area contributed by atoms with E-state index in [-0.39, 0.29) is 38.0 Å². The Morgan fingerprint density at radius 3 is 1.92 bits per heavy atom. The second-order valence-electron chi connectivity index (χ2n) is 18.6. The first-order chi connectivity index (χ1) is 31.2. The van der Waals surface area contributed by atoms with Gasteiger partial charge in [-0.1, -0.05) is 86.8 Å². The fourth-order valence-corrected chi connectivity index (χ4v) is 8.55. The topological polar surface area (TPSA) is 277 Å². The van der Waals surface area contributed by atoms with Gasteiger partial charge >= 0.3 is 5.97 Å². The van der Waals surface area contributed by atoms with Gasteiger partial charge in [-0.05, 0) is 66.5 Å². The van der Waals surface area contributed by atoms with E-state index < -0.39 is 135 Å². The maximum absolute atomic E-state index is 12.6. The number of likely N-dealkylation sites (N-methyl/N-ethyl adjacent to an activating group) is 1. The van der Waals surface area contributed by atoms with Gasteiger partial charge in [0, 0.05) is 31.1 Å². The summed E-state index contributed by atoms with van der Waals surface area (Å²) in [6.45, 7) is 6.92. The number of hydrogen-bond acceptors (Lipinski definition) is 17. The number of nitrogens with zero attached hydrogens (tertiary/aromatic N) is 1. The zero-order chi connectivity index (χ0) is 49.1. The molecule has 3 aliphatic rings. The van der Waals surface area contributed by atoms with E-state index in [4.69, 9.17) is 18.9 Å². The third-order valence-electron chi connectivity index (χ3n) is 12.7. The molecule has 0 radical (unpaired) electrons. The molecule has 19 atom stereocenters. The van der Waals surface area contributed by atoms with Crippen molar-refractivity contribution in [2.24, 2.45) is 17.8 Å². The van der Waals surface area contributed by atoms with E-state index in [1.165, 1.54) is 0 Å². The summed E-state index contributed by atoms with van der Waals surface area (Å²) in [5.41, 5.74) is 0. The van der Waals surface area contributed by atoms with E-state index in [0.29, 0.717) is 6.29 Å². The average Bonchev–Trinajstić information content (AvgIpc) is 3.23. The first-order valence-electron chi connectivity index (χ1n) is 23.3. The molecule has 0 amide bonds. The maximum atomic E-state index is 12.6. The molecule has 3 rings (SSSR count). The quantitative estimate of drug-likeness (QED) is 0.142. The van der Waals surface area contributed by atoms with Crippen molar-refractivity contribution in [3.05, 3.63) is 72.9 Å². The van der Waals surface area contributed by atoms with Gasteiger partial charge < -0.3 is 79.7 Å². The number of rotatable bonds is 4. The third kappa shape index (κ3) is 18.8. The summed E-state index contributed by atoms with van der Waals surface area (Å²) >= 11 is 0. The lowest BCUT2D eigenvalue weighted by atomic mass is 9.83. The lowest BCUT2D eigenvalue weighted by molar-refractivity contribution is -0.310. The molecule has 0 aromatic carbocycles. The molecule has 0 aliphatic carbocycles. The Labute approximate surface area is 390 Å². The van der Waals surface area contributed by atoms with Crippen LogP contribution in [0.3, 0.4) is 0 Å². The first kappa shape index (κ1) is 57.3. The monoisotopic (exact) mass is 938 g/mol. The van der Waals surface area contributed by atoms with E-state index in [1.54, 1.807) is 64.1 Å². The fraction of sp³-hybridized carbons (Fsp3) is 0.714. The van der Waals surface area contributed by atoms with Crippen molar-refractivity contribution in [3.8, 4) is 0 Å². The summed E-state index contributed by atoms with van der Waals surface area (Å²) in [5.74, 6) is -4.76. The number of ether oxygens (including phenoxy) is 4. The zero-order valence-electron chi connectivity index (χ0n) is 39.3. The van der Waals surface area contributed by atoms with Crippen LogP contribution in [0.15, 0.2) is 72.9 Å². The van der Waals surface area contributed by atoms with Crippen molar-refractivity contribution in [1.29, 1.82) is 0 Å². The number of aliphatic hydroxyl groups excluding tert-OH is 9. The van der Waals surface area contributed by atoms with Gasteiger partial charge in [-0.2, -0.15) is 0 Å². The summed E-state index contributed by atoms with van der Waals surface area (Å²) in [6, 6.07) is -0.750. The van der Waals surface area contributed by atoms with Gasteiger partial charge in [-0.3, -0.25) is 4.79 Å². The van der Waals surface area contributed by atoms with Gasteiger partial charge in [-0.15, -0.1) is 0 Å². The minimum atomic E-state index is -2.23. The summed E-state index contributed by atoms with van der Waals surface area (Å²) < 4.78 is 23.7. The molecule has 17 nitrogen and oxygen atoms in total. The first-order valence-corrected chi connectivity index (χ1v) is 23.3. The van der Waals surface area contributed by atoms with E-state index in [1.807, 2.05) is 55.5 Å². The number of carbonyl (C=O) groups excluding carboxylic acids is 2. The van der Waals surface area contributed by atoms with Crippen LogP contribution in [0.5, 0.6) is 0 Å². The molecular formula is C49H79NO16. The number of aliphatic hydroxyl groups is 10. The molecule has 2 saturated heterocycles. The smallest absolute Gasteiger partial charge is 0.308 e. The van der Waals surface area contributed by atoms with Gasteiger partial charge in [0.25, 0.3) is 0 Å². The Balaban J connectivity index is 1.84. The highest BCUT2D eigenvalue weighted by Crippen LogP contribution is 2.37. The van der Waals surface area contributed by atoms with Crippen molar-refractivity contribution >= 4 is 12.3 Å². The lowest BCUT2D eigenvalue weighted by Gasteiger charge is -2.46. The van der Waals surface area contributed by atoms with Crippen LogP contribution in [0.1, 0.15) is 91.9 Å². The molecule has 10 N–H and O–H groups in total. The largest absolute Gasteiger partial charge is 0.462 e. The van der Waals surface area contributed by atoms with Crippen LogP contribution in [-0.2, 0) is 28.5 Å². The molecule has 0 aromatic rings. The van der Waals surface area contributed by atoms with Crippen LogP contribution in [0.4, 0.5) is 0 Å². The number of fused-ring (bicyclic) bond motifs is 2. The summed E-state index contributed by atoms with van der Waals surface area (Å²) in [7, 11) is 3.40. The Hall–Kier alpha value is -2.98. The Morgan fingerprint density at radius 2 is 1.27 bits per heavy atom. The Morgan fingerprint density at radius 1 is 0.682 bits per heavy atom. The number of esters is 1. The molecular weight excluding hydrogens is 859 g/mol. The number of allylic oxidation sites excluding steroid dienone is 10. The van der Waals surface area contributed by atoms with Gasteiger partial charge in [0.2, 0.25) is 0 Å². The number of aldehydes is 1. The van der Waals surface area contributed by atoms with Crippen molar-refractivity contribution in [3.63, 3.8) is 0 Å². The molecule has 0 aromatic heterocycles. The third-order valence-corrected chi connectivity index (χ3v) is 12.7. The van der Waals surface area contributed by atoms with Crippen molar-refractivity contribution in [2.75, 3.05) is 14.1 Å². The molecule has 17 heteroatoms. The summed E-state index contributed by atoms with van der Waals surface area (Å²) in [4.78, 5) is 26.7. The molecule has 2 fully saturated rings. The summed E-state index contributed by atoms with van der Waals surface area (Å²) in [5, 5.41) is 109. The van der Waals surface area contributed by atoms with Crippen molar-refractivity contribution in [2.45, 2.75) is 189 Å². The number of carbonyl (C=O) groups is 2. The zero-order valence-corrected chi connectivity index (χ0v) is 39.3. The van der Waals surface area contributed by atoms with Crippen LogP contribution in [0.25, 0.3) is 0 Å². The van der Waals surface area contributed by atoms with Crippen LogP contribution >= 0.6 is 0 Å². The predicted octanol–water partition coefficient (Wildman–Crippen LogP) is 1.65. The van der Waals surface area contributed by atoms with Crippen LogP contribution in [-0.4, -0.2) is 180 Å². The van der Waals surface area contributed by atoms with E-state index in [0.717, 1.165) is 12.8 Å². The van der Waals surface area contributed by atoms with Crippen LogP contribution in [0.2, 0.25) is 0 Å². The highest BCUT2D eigenvalue weighted by atomic mass is 16.7. The second kappa shape index (κ2) is 28.5. The average molecular weight is 938 g/mol. The number of cyclic esters (lactones) is 1. The maximum Gasteiger partial charge on any atom is 0.308 e. The SMILES string of the molecule is C[C@@H]1[C@H](O)[C@@H](C)/C=C/C=C/CC/C=C/C=C/C=C/C=C/[C@H](OC2O[C@H](C)[C@@H](O)[C@H](N(C)C)[C@@H]2O)C[C@@H]2O[C@](O)(C[C@@H](O)[C@H](O)CC[C@@H](O)C[C@@H](O)C[C@@H](O)CC(=O)O[C@H]1C)C[C@H](O)[C@H]2C=O. The van der Waals surface area contributed by atoms with Crippen LogP contribution in [0, 0.1) is 17.8 Å². The normalized spacial score (nSPS) is 44.8. The van der Waals surface area contributed by atoms with E-state index in [2.05, 4.69) is 0 Å². The van der Waals surface area contributed by atoms with Crippen molar-refractivity contribution in [1.82, 2.24) is 4.90 Å². The molecule has 3 aliphatic heterocycles. The van der Waals surface area contributed by atoms with Crippen molar-refractivity contribution < 1.29 is 79.6 Å². The molecule has 66 heavy (non-hydrogen) atoms. The van der Waals surface area contributed by atoms with E-state index in [9.17, 15) is 60.7 Å². The van der Waals surface area contributed by atoms with Gasteiger partial charge in [0.05, 0.1) is 85.5 Å². The van der Waals surface area contributed by atoms with Gasteiger partial charge in [-0.25, -0.2) is 0 Å². The van der Waals surface area contributed by atoms with Crippen LogP contribution < -0.4 is 0 Å². The molecule has 376 valence electrons. The molecule has 3 heterocycles. The molecule has 0 saturated carbocycles.